The first kappa shape index (κ1) is 20.5. The molecule has 3 aromatic carbocycles. The molecular weight excluding hydrogens is 388 g/mol. The van der Waals surface area contributed by atoms with Gasteiger partial charge in [-0.15, -0.1) is 0 Å². The van der Waals surface area contributed by atoms with E-state index < -0.39 is 0 Å². The van der Waals surface area contributed by atoms with Gasteiger partial charge in [-0.1, -0.05) is 84.0 Å². The fraction of sp³-hybridized carbons (Fsp3) is 0.160. The normalized spacial score (nSPS) is 11.7. The van der Waals surface area contributed by atoms with Crippen molar-refractivity contribution in [1.29, 1.82) is 0 Å². The Morgan fingerprint density at radius 3 is 2.19 bits per heavy atom. The van der Waals surface area contributed by atoms with E-state index in [0.717, 1.165) is 6.42 Å². The molecule has 0 saturated carbocycles. The molecule has 1 atom stereocenters. The quantitative estimate of drug-likeness (QED) is 0.433. The van der Waals surface area contributed by atoms with Crippen LogP contribution >= 0.6 is 0 Å². The Morgan fingerprint density at radius 1 is 0.839 bits per heavy atom. The Morgan fingerprint density at radius 2 is 1.48 bits per heavy atom. The number of carbonyl (C=O) groups is 1. The van der Waals surface area contributed by atoms with Crippen molar-refractivity contribution in [1.82, 2.24) is 20.8 Å². The number of rotatable bonds is 9. The highest BCUT2D eigenvalue weighted by atomic mass is 16.5. The van der Waals surface area contributed by atoms with Gasteiger partial charge in [0.25, 0.3) is 5.91 Å². The minimum absolute atomic E-state index is 0.108. The second-order valence-corrected chi connectivity index (χ2v) is 7.19. The van der Waals surface area contributed by atoms with E-state index in [4.69, 9.17) is 4.52 Å². The molecule has 0 bridgehead atoms. The third kappa shape index (κ3) is 5.87. The Hall–Kier alpha value is -3.77. The van der Waals surface area contributed by atoms with Gasteiger partial charge in [-0.25, -0.2) is 0 Å². The summed E-state index contributed by atoms with van der Waals surface area (Å²) in [6, 6.07) is 29.8. The van der Waals surface area contributed by atoms with Crippen molar-refractivity contribution >= 4 is 5.91 Å². The molecule has 6 nitrogen and oxygen atoms in total. The zero-order chi connectivity index (χ0) is 21.3. The first-order valence-corrected chi connectivity index (χ1v) is 10.2. The van der Waals surface area contributed by atoms with E-state index in [1.807, 2.05) is 54.6 Å². The van der Waals surface area contributed by atoms with E-state index in [-0.39, 0.29) is 18.5 Å². The molecule has 1 heterocycles. The fourth-order valence-electron chi connectivity index (χ4n) is 3.34. The van der Waals surface area contributed by atoms with E-state index in [1.54, 1.807) is 12.1 Å². The van der Waals surface area contributed by atoms with Crippen LogP contribution in [0.4, 0.5) is 0 Å². The molecule has 6 heteroatoms. The molecule has 0 spiro atoms. The van der Waals surface area contributed by atoms with Gasteiger partial charge in [-0.2, -0.15) is 4.98 Å². The summed E-state index contributed by atoms with van der Waals surface area (Å²) in [5, 5.41) is 10.3. The van der Waals surface area contributed by atoms with Gasteiger partial charge >= 0.3 is 0 Å². The second-order valence-electron chi connectivity index (χ2n) is 7.19. The van der Waals surface area contributed by atoms with Crippen LogP contribution in [-0.4, -0.2) is 16.0 Å². The zero-order valence-corrected chi connectivity index (χ0v) is 17.1. The summed E-state index contributed by atoms with van der Waals surface area (Å²) < 4.78 is 5.36. The summed E-state index contributed by atoms with van der Waals surface area (Å²) in [5.41, 5.74) is 3.04. The van der Waals surface area contributed by atoms with Crippen molar-refractivity contribution < 1.29 is 9.32 Å². The topological polar surface area (TPSA) is 80.0 Å². The van der Waals surface area contributed by atoms with Crippen molar-refractivity contribution in [2.75, 3.05) is 0 Å². The number of aromatic nitrogens is 2. The van der Waals surface area contributed by atoms with Gasteiger partial charge < -0.3 is 15.2 Å². The van der Waals surface area contributed by atoms with E-state index in [2.05, 4.69) is 45.0 Å². The highest BCUT2D eigenvalue weighted by Crippen LogP contribution is 2.19. The number of hydrogen-bond donors (Lipinski definition) is 2. The predicted molar refractivity (Wildman–Crippen MR) is 118 cm³/mol. The molecule has 0 fully saturated rings. The number of benzene rings is 3. The molecule has 4 rings (SSSR count). The van der Waals surface area contributed by atoms with Gasteiger partial charge in [0.15, 0.2) is 5.82 Å². The molecular formula is C25H24N4O2. The smallest absolute Gasteiger partial charge is 0.251 e. The molecule has 0 unspecified atom stereocenters. The maximum Gasteiger partial charge on any atom is 0.251 e. The van der Waals surface area contributed by atoms with E-state index in [9.17, 15) is 4.79 Å². The van der Waals surface area contributed by atoms with Crippen LogP contribution in [0.3, 0.4) is 0 Å². The monoisotopic (exact) mass is 412 g/mol. The van der Waals surface area contributed by atoms with Crippen LogP contribution in [0, 0.1) is 0 Å². The highest BCUT2D eigenvalue weighted by molar-refractivity contribution is 5.93. The lowest BCUT2D eigenvalue weighted by Gasteiger charge is -2.18. The highest BCUT2D eigenvalue weighted by Gasteiger charge is 2.14. The van der Waals surface area contributed by atoms with Crippen LogP contribution in [0.1, 0.15) is 39.2 Å². The van der Waals surface area contributed by atoms with Gasteiger partial charge in [-0.3, -0.25) is 4.79 Å². The van der Waals surface area contributed by atoms with Crippen LogP contribution in [0.15, 0.2) is 95.5 Å². The summed E-state index contributed by atoms with van der Waals surface area (Å²) in [6.07, 6.45) is 0.846. The van der Waals surface area contributed by atoms with Crippen molar-refractivity contribution in [2.24, 2.45) is 0 Å². The molecule has 31 heavy (non-hydrogen) atoms. The average molecular weight is 412 g/mol. The Balaban J connectivity index is 1.35. The largest absolute Gasteiger partial charge is 0.345 e. The summed E-state index contributed by atoms with van der Waals surface area (Å²) in [5.74, 6) is 0.760. The van der Waals surface area contributed by atoms with E-state index >= 15 is 0 Å². The third-order valence-corrected chi connectivity index (χ3v) is 4.94. The molecule has 0 aliphatic rings. The molecule has 1 amide bonds. The first-order valence-electron chi connectivity index (χ1n) is 10.2. The van der Waals surface area contributed by atoms with Gasteiger partial charge in [-0.05, 0) is 29.7 Å². The Bertz CT molecular complexity index is 1080. The summed E-state index contributed by atoms with van der Waals surface area (Å²) in [7, 11) is 0. The van der Waals surface area contributed by atoms with Crippen molar-refractivity contribution in [2.45, 2.75) is 25.6 Å². The lowest BCUT2D eigenvalue weighted by Crippen LogP contribution is -2.24. The molecule has 2 N–H and O–H groups in total. The molecule has 4 aromatic rings. The first-order chi connectivity index (χ1) is 15.3. The van der Waals surface area contributed by atoms with Gasteiger partial charge in [0.05, 0.1) is 13.1 Å². The molecule has 0 aliphatic carbocycles. The lowest BCUT2D eigenvalue weighted by atomic mass is 9.99. The molecule has 156 valence electrons. The molecule has 1 aromatic heterocycles. The van der Waals surface area contributed by atoms with Gasteiger partial charge in [0.2, 0.25) is 5.89 Å². The number of amides is 1. The minimum atomic E-state index is -0.169. The fourth-order valence-corrected chi connectivity index (χ4v) is 3.34. The van der Waals surface area contributed by atoms with Crippen molar-refractivity contribution in [3.63, 3.8) is 0 Å². The van der Waals surface area contributed by atoms with Crippen LogP contribution in [0.2, 0.25) is 0 Å². The summed E-state index contributed by atoms with van der Waals surface area (Å²) in [6.45, 7) is 0.648. The van der Waals surface area contributed by atoms with Crippen molar-refractivity contribution in [3.05, 3.63) is 119 Å². The zero-order valence-electron chi connectivity index (χ0n) is 17.1. The maximum absolute atomic E-state index is 12.2. The lowest BCUT2D eigenvalue weighted by molar-refractivity contribution is 0.0949. The maximum atomic E-state index is 12.2. The average Bonchev–Trinajstić information content (AvgIpc) is 3.30. The Labute approximate surface area is 181 Å². The number of carbonyl (C=O) groups excluding carboxylic acids is 1. The second kappa shape index (κ2) is 10.3. The van der Waals surface area contributed by atoms with Crippen LogP contribution in [-0.2, 0) is 19.5 Å². The summed E-state index contributed by atoms with van der Waals surface area (Å²) in [4.78, 5) is 16.6. The van der Waals surface area contributed by atoms with Gasteiger partial charge in [0, 0.05) is 11.6 Å². The number of hydrogen-bond acceptors (Lipinski definition) is 5. The van der Waals surface area contributed by atoms with Crippen LogP contribution in [0.25, 0.3) is 0 Å². The van der Waals surface area contributed by atoms with E-state index in [1.165, 1.54) is 11.1 Å². The number of nitrogens with zero attached hydrogens (tertiary/aromatic N) is 2. The molecule has 0 aliphatic heterocycles. The van der Waals surface area contributed by atoms with E-state index in [0.29, 0.717) is 23.8 Å². The standard InChI is InChI=1S/C25H24N4O2/c30-25(21-14-8-3-9-15-21)27-17-23-28-24(31-29-23)18-26-22(20-12-6-2-7-13-20)16-19-10-4-1-5-11-19/h1-15,22,26H,16-18H2,(H,27,30)/t22-/m0/s1. The predicted octanol–water partition coefficient (Wildman–Crippen LogP) is 4.07. The summed E-state index contributed by atoms with van der Waals surface area (Å²) >= 11 is 0. The van der Waals surface area contributed by atoms with Gasteiger partial charge in [0.1, 0.15) is 0 Å². The van der Waals surface area contributed by atoms with Crippen molar-refractivity contribution in [3.8, 4) is 0 Å². The number of nitrogens with one attached hydrogen (secondary N) is 2. The van der Waals surface area contributed by atoms with Crippen LogP contribution < -0.4 is 10.6 Å². The Kier molecular flexibility index (Phi) is 6.82. The SMILES string of the molecule is O=C(NCc1noc(CN[C@@H](Cc2ccccc2)c2ccccc2)n1)c1ccccc1. The molecule has 0 radical (unpaired) electrons. The van der Waals surface area contributed by atoms with Crippen LogP contribution in [0.5, 0.6) is 0 Å². The molecule has 0 saturated heterocycles. The minimum Gasteiger partial charge on any atom is -0.345 e. The third-order valence-electron chi connectivity index (χ3n) is 4.94.